The molecule has 6 nitrogen and oxygen atoms in total. The lowest BCUT2D eigenvalue weighted by molar-refractivity contribution is -0.384. The van der Waals surface area contributed by atoms with Crippen molar-refractivity contribution in [2.24, 2.45) is 0 Å². The topological polar surface area (TPSA) is 92.5 Å². The summed E-state index contributed by atoms with van der Waals surface area (Å²) in [6, 6.07) is 6.08. The molecule has 1 fully saturated rings. The third-order valence-corrected chi connectivity index (χ3v) is 3.98. The summed E-state index contributed by atoms with van der Waals surface area (Å²) in [6.07, 6.45) is 2.54. The molecule has 1 unspecified atom stereocenters. The number of nitrogens with one attached hydrogen (secondary N) is 1. The van der Waals surface area contributed by atoms with Crippen molar-refractivity contribution in [2.45, 2.75) is 37.6 Å². The largest absolute Gasteiger partial charge is 0.394 e. The number of hydrogen-bond acceptors (Lipinski definition) is 4. The molecule has 1 aliphatic rings. The predicted octanol–water partition coefficient (Wildman–Crippen LogP) is 1.73. The van der Waals surface area contributed by atoms with Gasteiger partial charge in [-0.15, -0.1) is 0 Å². The van der Waals surface area contributed by atoms with E-state index in [2.05, 4.69) is 5.32 Å². The summed E-state index contributed by atoms with van der Waals surface area (Å²) >= 11 is 0. The minimum absolute atomic E-state index is 0.0253. The average molecular weight is 278 g/mol. The first kappa shape index (κ1) is 14.5. The Labute approximate surface area is 117 Å². The molecule has 1 saturated carbocycles. The number of rotatable bonds is 5. The fourth-order valence-electron chi connectivity index (χ4n) is 2.35. The van der Waals surface area contributed by atoms with E-state index in [1.54, 1.807) is 19.1 Å². The highest BCUT2D eigenvalue weighted by Gasteiger charge is 2.38. The van der Waals surface area contributed by atoms with E-state index in [0.717, 1.165) is 19.3 Å². The number of nitro groups is 1. The second-order valence-electron chi connectivity index (χ2n) is 5.36. The molecule has 0 radical (unpaired) electrons. The summed E-state index contributed by atoms with van der Waals surface area (Å²) in [7, 11) is 0. The zero-order valence-corrected chi connectivity index (χ0v) is 11.3. The van der Waals surface area contributed by atoms with Crippen LogP contribution in [0.1, 0.15) is 37.7 Å². The Morgan fingerprint density at radius 2 is 2.25 bits per heavy atom. The Hall–Kier alpha value is -1.95. The normalized spacial score (nSPS) is 17.9. The lowest BCUT2D eigenvalue weighted by Gasteiger charge is -2.41. The number of benzene rings is 1. The predicted molar refractivity (Wildman–Crippen MR) is 73.3 cm³/mol. The number of amides is 1. The third-order valence-electron chi connectivity index (χ3n) is 3.98. The molecule has 0 saturated heterocycles. The summed E-state index contributed by atoms with van der Waals surface area (Å²) in [5.41, 5.74) is 0.0817. The molecular weight excluding hydrogens is 260 g/mol. The van der Waals surface area contributed by atoms with Gasteiger partial charge in [0, 0.05) is 12.1 Å². The van der Waals surface area contributed by atoms with Gasteiger partial charge in [-0.3, -0.25) is 14.9 Å². The van der Waals surface area contributed by atoms with E-state index in [-0.39, 0.29) is 18.2 Å². The van der Waals surface area contributed by atoms with Crippen molar-refractivity contribution < 1.29 is 14.8 Å². The number of nitro benzene ring substituents is 1. The van der Waals surface area contributed by atoms with Crippen molar-refractivity contribution in [2.75, 3.05) is 6.61 Å². The van der Waals surface area contributed by atoms with Gasteiger partial charge in [-0.05, 0) is 31.7 Å². The summed E-state index contributed by atoms with van der Waals surface area (Å²) in [5.74, 6) is -0.696. The molecule has 1 aromatic carbocycles. The van der Waals surface area contributed by atoms with Crippen molar-refractivity contribution in [3.05, 3.63) is 39.9 Å². The van der Waals surface area contributed by atoms with Crippen LogP contribution in [0.5, 0.6) is 0 Å². The van der Waals surface area contributed by atoms with Crippen molar-refractivity contribution >= 4 is 11.6 Å². The molecule has 0 spiro atoms. The smallest absolute Gasteiger partial charge is 0.269 e. The molecule has 1 amide bonds. The molecule has 0 heterocycles. The second-order valence-corrected chi connectivity index (χ2v) is 5.36. The van der Waals surface area contributed by atoms with Crippen LogP contribution in [0.2, 0.25) is 0 Å². The van der Waals surface area contributed by atoms with Crippen LogP contribution in [0.3, 0.4) is 0 Å². The van der Waals surface area contributed by atoms with Gasteiger partial charge in [-0.2, -0.15) is 0 Å². The van der Waals surface area contributed by atoms with Gasteiger partial charge in [-0.1, -0.05) is 12.1 Å². The first-order chi connectivity index (χ1) is 9.47. The summed E-state index contributed by atoms with van der Waals surface area (Å²) < 4.78 is 0. The van der Waals surface area contributed by atoms with Crippen molar-refractivity contribution in [1.82, 2.24) is 5.32 Å². The number of aliphatic hydroxyl groups excluding tert-OH is 1. The van der Waals surface area contributed by atoms with E-state index in [9.17, 15) is 20.0 Å². The molecule has 1 aliphatic carbocycles. The van der Waals surface area contributed by atoms with Gasteiger partial charge in [0.25, 0.3) is 5.69 Å². The zero-order valence-electron chi connectivity index (χ0n) is 11.3. The number of carbonyl (C=O) groups excluding carboxylic acids is 1. The van der Waals surface area contributed by atoms with Crippen LogP contribution < -0.4 is 5.32 Å². The highest BCUT2D eigenvalue weighted by atomic mass is 16.6. The Bertz CT molecular complexity index is 520. The fraction of sp³-hybridized carbons (Fsp3) is 0.500. The lowest BCUT2D eigenvalue weighted by Crippen LogP contribution is -2.57. The molecule has 2 rings (SSSR count). The SMILES string of the molecule is CC(C(=O)NC1(CO)CCC1)c1cccc([N+](=O)[O-])c1. The molecule has 108 valence electrons. The van der Waals surface area contributed by atoms with E-state index in [4.69, 9.17) is 0 Å². The number of nitrogens with zero attached hydrogens (tertiary/aromatic N) is 1. The molecule has 0 bridgehead atoms. The van der Waals surface area contributed by atoms with E-state index in [0.29, 0.717) is 5.56 Å². The van der Waals surface area contributed by atoms with E-state index >= 15 is 0 Å². The summed E-state index contributed by atoms with van der Waals surface area (Å²) in [4.78, 5) is 22.5. The molecule has 1 atom stereocenters. The molecule has 6 heteroatoms. The van der Waals surface area contributed by atoms with Gasteiger partial charge in [0.2, 0.25) is 5.91 Å². The first-order valence-corrected chi connectivity index (χ1v) is 6.65. The number of non-ortho nitro benzene ring substituents is 1. The maximum atomic E-state index is 12.2. The van der Waals surface area contributed by atoms with E-state index in [1.165, 1.54) is 12.1 Å². The highest BCUT2D eigenvalue weighted by molar-refractivity contribution is 5.84. The van der Waals surface area contributed by atoms with Crippen LogP contribution in [0.4, 0.5) is 5.69 Å². The maximum Gasteiger partial charge on any atom is 0.269 e. The monoisotopic (exact) mass is 278 g/mol. The quantitative estimate of drug-likeness (QED) is 0.633. The molecular formula is C14H18N2O4. The molecule has 20 heavy (non-hydrogen) atoms. The Balaban J connectivity index is 2.10. The van der Waals surface area contributed by atoms with Crippen LogP contribution in [0, 0.1) is 10.1 Å². The number of carbonyl (C=O) groups is 1. The Kier molecular flexibility index (Phi) is 4.04. The summed E-state index contributed by atoms with van der Waals surface area (Å²) in [6.45, 7) is 1.64. The zero-order chi connectivity index (χ0) is 14.8. The average Bonchev–Trinajstić information content (AvgIpc) is 2.42. The maximum absolute atomic E-state index is 12.2. The van der Waals surface area contributed by atoms with Crippen LogP contribution in [0.15, 0.2) is 24.3 Å². The Morgan fingerprint density at radius 3 is 2.75 bits per heavy atom. The van der Waals surface area contributed by atoms with Gasteiger partial charge < -0.3 is 10.4 Å². The molecule has 2 N–H and O–H groups in total. The van der Waals surface area contributed by atoms with Crippen LogP contribution in [0.25, 0.3) is 0 Å². The molecule has 0 aromatic heterocycles. The van der Waals surface area contributed by atoms with Crippen LogP contribution >= 0.6 is 0 Å². The standard InChI is InChI=1S/C14H18N2O4/c1-10(11-4-2-5-12(8-11)16(19)20)13(18)15-14(9-17)6-3-7-14/h2,4-5,8,10,17H,3,6-7,9H2,1H3,(H,15,18). The van der Waals surface area contributed by atoms with Gasteiger partial charge in [-0.25, -0.2) is 0 Å². The number of aliphatic hydroxyl groups is 1. The first-order valence-electron chi connectivity index (χ1n) is 6.65. The van der Waals surface area contributed by atoms with Crippen LogP contribution in [-0.4, -0.2) is 28.1 Å². The fourth-order valence-corrected chi connectivity index (χ4v) is 2.35. The second kappa shape index (κ2) is 5.58. The molecule has 1 aromatic rings. The minimum Gasteiger partial charge on any atom is -0.394 e. The van der Waals surface area contributed by atoms with Crippen molar-refractivity contribution in [1.29, 1.82) is 0 Å². The van der Waals surface area contributed by atoms with Gasteiger partial charge in [0.05, 0.1) is 23.0 Å². The summed E-state index contributed by atoms with van der Waals surface area (Å²) in [5, 5.41) is 23.0. The van der Waals surface area contributed by atoms with Gasteiger partial charge in [0.15, 0.2) is 0 Å². The van der Waals surface area contributed by atoms with Crippen LogP contribution in [-0.2, 0) is 4.79 Å². The van der Waals surface area contributed by atoms with E-state index < -0.39 is 16.4 Å². The van der Waals surface area contributed by atoms with Gasteiger partial charge >= 0.3 is 0 Å². The third kappa shape index (κ3) is 2.80. The lowest BCUT2D eigenvalue weighted by atomic mass is 9.77. The highest BCUT2D eigenvalue weighted by Crippen LogP contribution is 2.32. The van der Waals surface area contributed by atoms with Gasteiger partial charge in [0.1, 0.15) is 0 Å². The van der Waals surface area contributed by atoms with Crippen molar-refractivity contribution in [3.63, 3.8) is 0 Å². The van der Waals surface area contributed by atoms with Crippen molar-refractivity contribution in [3.8, 4) is 0 Å². The number of hydrogen-bond donors (Lipinski definition) is 2. The Morgan fingerprint density at radius 1 is 1.55 bits per heavy atom. The minimum atomic E-state index is -0.494. The molecule has 0 aliphatic heterocycles. The van der Waals surface area contributed by atoms with E-state index in [1.807, 2.05) is 0 Å².